The Hall–Kier alpha value is -2.29. The van der Waals surface area contributed by atoms with Crippen LogP contribution in [-0.2, 0) is 6.54 Å². The van der Waals surface area contributed by atoms with Gasteiger partial charge in [0.05, 0.1) is 6.54 Å². The van der Waals surface area contributed by atoms with Crippen LogP contribution >= 0.6 is 24.0 Å². The summed E-state index contributed by atoms with van der Waals surface area (Å²) in [5.41, 5.74) is 2.52. The molecular weight excluding hydrogens is 487 g/mol. The second-order valence-electron chi connectivity index (χ2n) is 7.38. The molecule has 6 nitrogen and oxygen atoms in total. The molecule has 0 unspecified atom stereocenters. The van der Waals surface area contributed by atoms with E-state index in [2.05, 4.69) is 74.4 Å². The van der Waals surface area contributed by atoms with Crippen molar-refractivity contribution in [3.63, 3.8) is 0 Å². The van der Waals surface area contributed by atoms with Crippen molar-refractivity contribution in [3.8, 4) is 0 Å². The van der Waals surface area contributed by atoms with Crippen molar-refractivity contribution in [3.05, 3.63) is 66.4 Å². The number of rotatable bonds is 5. The maximum atomic E-state index is 4.94. The quantitative estimate of drug-likeness (QED) is 0.285. The fourth-order valence-corrected chi connectivity index (χ4v) is 3.82. The Morgan fingerprint density at radius 2 is 1.80 bits per heavy atom. The average Bonchev–Trinajstić information content (AvgIpc) is 3.33. The lowest BCUT2D eigenvalue weighted by atomic mass is 10.2. The van der Waals surface area contributed by atoms with Crippen LogP contribution < -0.4 is 15.1 Å². The minimum atomic E-state index is 0. The highest BCUT2D eigenvalue weighted by Gasteiger charge is 2.20. The highest BCUT2D eigenvalue weighted by Crippen LogP contribution is 2.19. The van der Waals surface area contributed by atoms with Crippen LogP contribution in [0.3, 0.4) is 0 Å². The van der Waals surface area contributed by atoms with Crippen LogP contribution in [0.4, 0.5) is 11.5 Å². The Balaban J connectivity index is 0.00000256. The van der Waals surface area contributed by atoms with Crippen molar-refractivity contribution in [1.82, 2.24) is 15.2 Å². The molecular formula is C23H31IN6. The molecule has 7 heteroatoms. The first-order chi connectivity index (χ1) is 14.3. The van der Waals surface area contributed by atoms with Gasteiger partial charge in [0.15, 0.2) is 5.96 Å². The predicted molar refractivity (Wildman–Crippen MR) is 136 cm³/mol. The normalized spacial score (nSPS) is 16.6. The molecule has 0 saturated carbocycles. The van der Waals surface area contributed by atoms with Crippen LogP contribution in [-0.4, -0.2) is 61.7 Å². The zero-order valence-electron chi connectivity index (χ0n) is 17.6. The number of benzene rings is 1. The number of pyridine rings is 1. The van der Waals surface area contributed by atoms with Crippen LogP contribution in [0.2, 0.25) is 0 Å². The maximum Gasteiger partial charge on any atom is 0.194 e. The zero-order valence-corrected chi connectivity index (χ0v) is 19.9. The topological polar surface area (TPSA) is 47.0 Å². The number of guanidine groups is 1. The van der Waals surface area contributed by atoms with E-state index in [-0.39, 0.29) is 24.0 Å². The second-order valence-corrected chi connectivity index (χ2v) is 7.38. The molecule has 0 spiro atoms. The lowest BCUT2D eigenvalue weighted by Gasteiger charge is -2.37. The summed E-state index contributed by atoms with van der Waals surface area (Å²) in [6.45, 7) is 9.49. The molecule has 0 amide bonds. The van der Waals surface area contributed by atoms with E-state index in [1.54, 1.807) is 0 Å². The molecule has 0 atom stereocenters. The third kappa shape index (κ3) is 5.65. The van der Waals surface area contributed by atoms with Gasteiger partial charge >= 0.3 is 0 Å². The molecule has 1 fully saturated rings. The average molecular weight is 518 g/mol. The summed E-state index contributed by atoms with van der Waals surface area (Å²) in [7, 11) is 0. The zero-order chi connectivity index (χ0) is 19.9. The molecule has 0 bridgehead atoms. The summed E-state index contributed by atoms with van der Waals surface area (Å²) in [4.78, 5) is 16.5. The van der Waals surface area contributed by atoms with E-state index in [0.29, 0.717) is 6.54 Å². The molecule has 160 valence electrons. The SMILES string of the molecule is CCNC(=NCc1cccc(N2CC=CC2)c1)N1CCN(c2ccccn2)CC1.I. The molecule has 4 rings (SSSR count). The van der Waals surface area contributed by atoms with E-state index in [4.69, 9.17) is 4.99 Å². The Morgan fingerprint density at radius 3 is 2.50 bits per heavy atom. The van der Waals surface area contributed by atoms with E-state index in [1.165, 1.54) is 11.3 Å². The van der Waals surface area contributed by atoms with Crippen molar-refractivity contribution in [2.75, 3.05) is 55.6 Å². The fourth-order valence-electron chi connectivity index (χ4n) is 3.82. The molecule has 2 aliphatic rings. The predicted octanol–water partition coefficient (Wildman–Crippen LogP) is 3.36. The molecule has 3 heterocycles. The van der Waals surface area contributed by atoms with Gasteiger partial charge < -0.3 is 20.0 Å². The standard InChI is InChI=1S/C23H30N6.HI/c1-2-24-23(29-16-14-28(15-17-29)22-10-3-4-11-25-22)26-19-20-8-7-9-21(18-20)27-12-5-6-13-27;/h3-11,18H,2,12-17,19H2,1H3,(H,24,26);1H. The Morgan fingerprint density at radius 1 is 1.00 bits per heavy atom. The largest absolute Gasteiger partial charge is 0.364 e. The lowest BCUT2D eigenvalue weighted by Crippen LogP contribution is -2.52. The first kappa shape index (κ1) is 22.4. The van der Waals surface area contributed by atoms with E-state index < -0.39 is 0 Å². The summed E-state index contributed by atoms with van der Waals surface area (Å²) in [5.74, 6) is 2.06. The molecule has 1 N–H and O–H groups in total. The minimum Gasteiger partial charge on any atom is -0.364 e. The minimum absolute atomic E-state index is 0. The summed E-state index contributed by atoms with van der Waals surface area (Å²) >= 11 is 0. The number of nitrogens with one attached hydrogen (secondary N) is 1. The van der Waals surface area contributed by atoms with Crippen molar-refractivity contribution in [2.24, 2.45) is 4.99 Å². The van der Waals surface area contributed by atoms with Gasteiger partial charge in [0.2, 0.25) is 0 Å². The van der Waals surface area contributed by atoms with Gasteiger partial charge in [0, 0.05) is 57.7 Å². The van der Waals surface area contributed by atoms with E-state index in [0.717, 1.165) is 57.6 Å². The van der Waals surface area contributed by atoms with E-state index in [1.807, 2.05) is 18.3 Å². The highest BCUT2D eigenvalue weighted by molar-refractivity contribution is 14.0. The molecule has 1 aromatic heterocycles. The third-order valence-corrected chi connectivity index (χ3v) is 5.39. The van der Waals surface area contributed by atoms with Gasteiger partial charge in [-0.15, -0.1) is 24.0 Å². The van der Waals surface area contributed by atoms with Crippen molar-refractivity contribution in [2.45, 2.75) is 13.5 Å². The van der Waals surface area contributed by atoms with Crippen LogP contribution in [0.15, 0.2) is 65.8 Å². The number of aromatic nitrogens is 1. The first-order valence-corrected chi connectivity index (χ1v) is 10.5. The molecule has 30 heavy (non-hydrogen) atoms. The number of halogens is 1. The highest BCUT2D eigenvalue weighted by atomic mass is 127. The monoisotopic (exact) mass is 518 g/mol. The summed E-state index contributed by atoms with van der Waals surface area (Å²) in [6.07, 6.45) is 6.30. The van der Waals surface area contributed by atoms with Crippen LogP contribution in [0.1, 0.15) is 12.5 Å². The van der Waals surface area contributed by atoms with Crippen LogP contribution in [0.25, 0.3) is 0 Å². The van der Waals surface area contributed by atoms with Crippen LogP contribution in [0.5, 0.6) is 0 Å². The number of aliphatic imine (C=N–C) groups is 1. The Bertz CT molecular complexity index is 838. The molecule has 0 radical (unpaired) electrons. The number of nitrogens with zero attached hydrogens (tertiary/aromatic N) is 5. The molecule has 2 aromatic rings. The first-order valence-electron chi connectivity index (χ1n) is 10.5. The van der Waals surface area contributed by atoms with Gasteiger partial charge in [-0.2, -0.15) is 0 Å². The third-order valence-electron chi connectivity index (χ3n) is 5.39. The van der Waals surface area contributed by atoms with Gasteiger partial charge in [-0.3, -0.25) is 0 Å². The van der Waals surface area contributed by atoms with Gasteiger partial charge in [-0.25, -0.2) is 9.98 Å². The molecule has 1 aromatic carbocycles. The summed E-state index contributed by atoms with van der Waals surface area (Å²) in [6, 6.07) is 14.8. The van der Waals surface area contributed by atoms with Gasteiger partial charge in [-0.05, 0) is 36.8 Å². The van der Waals surface area contributed by atoms with E-state index >= 15 is 0 Å². The van der Waals surface area contributed by atoms with Crippen molar-refractivity contribution >= 4 is 41.4 Å². The number of piperazine rings is 1. The van der Waals surface area contributed by atoms with Crippen LogP contribution in [0, 0.1) is 0 Å². The summed E-state index contributed by atoms with van der Waals surface area (Å²) in [5, 5.41) is 3.47. The smallest absolute Gasteiger partial charge is 0.194 e. The summed E-state index contributed by atoms with van der Waals surface area (Å²) < 4.78 is 0. The Labute approximate surface area is 196 Å². The number of hydrogen-bond acceptors (Lipinski definition) is 4. The van der Waals surface area contributed by atoms with Crippen molar-refractivity contribution in [1.29, 1.82) is 0 Å². The van der Waals surface area contributed by atoms with Gasteiger partial charge in [0.1, 0.15) is 5.82 Å². The van der Waals surface area contributed by atoms with Gasteiger partial charge in [0.25, 0.3) is 0 Å². The lowest BCUT2D eigenvalue weighted by molar-refractivity contribution is 0.371. The van der Waals surface area contributed by atoms with Crippen molar-refractivity contribution < 1.29 is 0 Å². The van der Waals surface area contributed by atoms with E-state index in [9.17, 15) is 0 Å². The molecule has 1 saturated heterocycles. The maximum absolute atomic E-state index is 4.94. The van der Waals surface area contributed by atoms with Gasteiger partial charge in [-0.1, -0.05) is 30.4 Å². The Kier molecular flexibility index (Phi) is 8.36. The molecule has 0 aliphatic carbocycles. The number of anilines is 2. The second kappa shape index (κ2) is 11.2. The number of hydrogen-bond donors (Lipinski definition) is 1. The fraction of sp³-hybridized carbons (Fsp3) is 0.391. The molecule has 2 aliphatic heterocycles.